The molecule has 2 rings (SSSR count). The molecule has 0 unspecified atom stereocenters. The van der Waals surface area contributed by atoms with Crippen LogP contribution in [-0.2, 0) is 0 Å². The van der Waals surface area contributed by atoms with E-state index < -0.39 is 0 Å². The number of fused-ring (bicyclic) bond motifs is 1. The van der Waals surface area contributed by atoms with Crippen LogP contribution in [0.4, 0.5) is 0 Å². The lowest BCUT2D eigenvalue weighted by Gasteiger charge is -2.25. The molecule has 2 fully saturated rings. The quantitative estimate of drug-likeness (QED) is 0.669. The molecule has 1 saturated carbocycles. The van der Waals surface area contributed by atoms with Gasteiger partial charge in [0.05, 0.1) is 6.10 Å². The predicted octanol–water partition coefficient (Wildman–Crippen LogP) is 1.24. The van der Waals surface area contributed by atoms with Crippen molar-refractivity contribution in [3.8, 4) is 0 Å². The van der Waals surface area contributed by atoms with E-state index in [-0.39, 0.29) is 6.10 Å². The molecule has 0 aromatic heterocycles. The van der Waals surface area contributed by atoms with Crippen LogP contribution in [0.25, 0.3) is 0 Å². The van der Waals surface area contributed by atoms with Crippen LogP contribution >= 0.6 is 11.8 Å². The van der Waals surface area contributed by atoms with Gasteiger partial charge in [-0.2, -0.15) is 11.8 Å². The van der Waals surface area contributed by atoms with Gasteiger partial charge in [0.1, 0.15) is 0 Å². The third kappa shape index (κ3) is 1.88. The lowest BCUT2D eigenvalue weighted by Crippen LogP contribution is -2.41. The highest BCUT2D eigenvalue weighted by Gasteiger charge is 2.40. The van der Waals surface area contributed by atoms with Crippen LogP contribution in [0.2, 0.25) is 0 Å². The average Bonchev–Trinajstić information content (AvgIpc) is 2.47. The molecule has 0 bridgehead atoms. The maximum Gasteiger partial charge on any atom is 0.0594 e. The van der Waals surface area contributed by atoms with E-state index in [1.54, 1.807) is 0 Å². The largest absolute Gasteiger partial charge is 0.393 e. The molecule has 0 radical (unpaired) electrons. The van der Waals surface area contributed by atoms with Gasteiger partial charge in [-0.15, -0.1) is 0 Å². The Morgan fingerprint density at radius 3 is 2.85 bits per heavy atom. The summed E-state index contributed by atoms with van der Waals surface area (Å²) < 4.78 is 0. The molecule has 1 saturated heterocycles. The zero-order chi connectivity index (χ0) is 9.26. The van der Waals surface area contributed by atoms with Gasteiger partial charge in [-0.1, -0.05) is 12.8 Å². The van der Waals surface area contributed by atoms with Gasteiger partial charge in [-0.25, -0.2) is 0 Å². The lowest BCUT2D eigenvalue weighted by molar-refractivity contribution is 0.0912. The Bertz CT molecular complexity index is 176. The number of thioether (sulfide) groups is 1. The fraction of sp³-hybridized carbons (Fsp3) is 1.00. The standard InChI is InChI=1S/C10H19NOS/c1-11-7-6-13-9-5-3-2-4-8(12)10(7)9/h7-12H,2-6H2,1H3/t7-,8+,9-,10-/m1/s1. The van der Waals surface area contributed by atoms with Crippen molar-refractivity contribution in [2.75, 3.05) is 12.8 Å². The van der Waals surface area contributed by atoms with E-state index in [1.165, 1.54) is 25.0 Å². The second-order valence-electron chi connectivity index (χ2n) is 4.20. The van der Waals surface area contributed by atoms with Gasteiger partial charge in [0, 0.05) is 23.0 Å². The fourth-order valence-corrected chi connectivity index (χ4v) is 4.44. The minimum Gasteiger partial charge on any atom is -0.393 e. The molecule has 1 aliphatic carbocycles. The van der Waals surface area contributed by atoms with Gasteiger partial charge in [-0.3, -0.25) is 0 Å². The third-order valence-electron chi connectivity index (χ3n) is 3.44. The summed E-state index contributed by atoms with van der Waals surface area (Å²) in [5, 5.41) is 14.1. The molecule has 0 amide bonds. The molecule has 1 heterocycles. The molecule has 76 valence electrons. The topological polar surface area (TPSA) is 32.3 Å². The van der Waals surface area contributed by atoms with Gasteiger partial charge in [0.25, 0.3) is 0 Å². The normalized spacial score (nSPS) is 45.7. The Hall–Kier alpha value is 0.270. The minimum absolute atomic E-state index is 0.0556. The molecule has 0 spiro atoms. The summed E-state index contributed by atoms with van der Waals surface area (Å²) in [5.41, 5.74) is 0. The van der Waals surface area contributed by atoms with Crippen LogP contribution in [0, 0.1) is 5.92 Å². The molecule has 0 aromatic rings. The summed E-state index contributed by atoms with van der Waals surface area (Å²) in [6, 6.07) is 0.545. The summed E-state index contributed by atoms with van der Waals surface area (Å²) in [6.07, 6.45) is 4.79. The molecular formula is C10H19NOS. The first-order valence-corrected chi connectivity index (χ1v) is 6.34. The van der Waals surface area contributed by atoms with Crippen molar-refractivity contribution < 1.29 is 5.11 Å². The number of aliphatic hydroxyl groups excluding tert-OH is 1. The second kappa shape index (κ2) is 4.20. The van der Waals surface area contributed by atoms with Crippen molar-refractivity contribution in [2.24, 2.45) is 5.92 Å². The first-order chi connectivity index (χ1) is 6.33. The number of hydrogen-bond donors (Lipinski definition) is 2. The Morgan fingerprint density at radius 1 is 1.31 bits per heavy atom. The van der Waals surface area contributed by atoms with Gasteiger partial charge in [0.2, 0.25) is 0 Å². The molecule has 2 nitrogen and oxygen atoms in total. The highest BCUT2D eigenvalue weighted by Crippen LogP contribution is 2.40. The van der Waals surface area contributed by atoms with Crippen molar-refractivity contribution in [1.29, 1.82) is 0 Å². The van der Waals surface area contributed by atoms with E-state index in [2.05, 4.69) is 17.1 Å². The Labute approximate surface area is 84.5 Å². The predicted molar refractivity (Wildman–Crippen MR) is 57.1 cm³/mol. The van der Waals surface area contributed by atoms with Crippen molar-refractivity contribution in [3.05, 3.63) is 0 Å². The molecule has 4 atom stereocenters. The summed E-state index contributed by atoms with van der Waals surface area (Å²) in [5.74, 6) is 1.69. The van der Waals surface area contributed by atoms with E-state index in [9.17, 15) is 5.11 Å². The highest BCUT2D eigenvalue weighted by molar-refractivity contribution is 8.00. The summed E-state index contributed by atoms with van der Waals surface area (Å²) in [6.45, 7) is 0. The van der Waals surface area contributed by atoms with E-state index >= 15 is 0 Å². The molecule has 13 heavy (non-hydrogen) atoms. The molecular weight excluding hydrogens is 182 g/mol. The Morgan fingerprint density at radius 2 is 2.08 bits per heavy atom. The molecule has 1 aliphatic heterocycles. The number of hydrogen-bond acceptors (Lipinski definition) is 3. The number of rotatable bonds is 1. The average molecular weight is 201 g/mol. The van der Waals surface area contributed by atoms with Gasteiger partial charge < -0.3 is 10.4 Å². The first-order valence-electron chi connectivity index (χ1n) is 5.30. The highest BCUT2D eigenvalue weighted by atomic mass is 32.2. The first kappa shape index (κ1) is 9.81. The molecule has 2 aliphatic rings. The fourth-order valence-electron chi connectivity index (χ4n) is 2.67. The smallest absolute Gasteiger partial charge is 0.0594 e. The monoisotopic (exact) mass is 201 g/mol. The summed E-state index contributed by atoms with van der Waals surface area (Å²) in [4.78, 5) is 0. The van der Waals surface area contributed by atoms with Crippen LogP contribution in [0.3, 0.4) is 0 Å². The van der Waals surface area contributed by atoms with Gasteiger partial charge in [0.15, 0.2) is 0 Å². The van der Waals surface area contributed by atoms with Crippen LogP contribution in [0.1, 0.15) is 25.7 Å². The third-order valence-corrected chi connectivity index (χ3v) is 4.97. The van der Waals surface area contributed by atoms with E-state index in [0.717, 1.165) is 11.7 Å². The van der Waals surface area contributed by atoms with Gasteiger partial charge >= 0.3 is 0 Å². The van der Waals surface area contributed by atoms with Crippen molar-refractivity contribution in [1.82, 2.24) is 5.32 Å². The SMILES string of the molecule is CN[C@@H]1CS[C@@H]2CCCC[C@H](O)[C@@H]12. The minimum atomic E-state index is -0.0556. The maximum absolute atomic E-state index is 10.0. The van der Waals surface area contributed by atoms with Crippen LogP contribution in [0.5, 0.6) is 0 Å². The number of nitrogens with one attached hydrogen (secondary N) is 1. The van der Waals surface area contributed by atoms with Gasteiger partial charge in [-0.05, 0) is 19.9 Å². The molecule has 2 N–H and O–H groups in total. The van der Waals surface area contributed by atoms with Crippen molar-refractivity contribution in [2.45, 2.75) is 43.1 Å². The van der Waals surface area contributed by atoms with Crippen molar-refractivity contribution >= 4 is 11.8 Å². The van der Waals surface area contributed by atoms with E-state index in [0.29, 0.717) is 12.0 Å². The maximum atomic E-state index is 10.0. The second-order valence-corrected chi connectivity index (χ2v) is 5.47. The summed E-state index contributed by atoms with van der Waals surface area (Å²) >= 11 is 2.05. The van der Waals surface area contributed by atoms with Crippen LogP contribution in [-0.4, -0.2) is 35.3 Å². The zero-order valence-corrected chi connectivity index (χ0v) is 9.02. The van der Waals surface area contributed by atoms with Crippen LogP contribution in [0.15, 0.2) is 0 Å². The summed E-state index contributed by atoms with van der Waals surface area (Å²) in [7, 11) is 2.02. The zero-order valence-electron chi connectivity index (χ0n) is 8.20. The van der Waals surface area contributed by atoms with Crippen LogP contribution < -0.4 is 5.32 Å². The van der Waals surface area contributed by atoms with E-state index in [4.69, 9.17) is 0 Å². The number of aliphatic hydroxyl groups is 1. The lowest BCUT2D eigenvalue weighted by atomic mass is 9.90. The van der Waals surface area contributed by atoms with Crippen molar-refractivity contribution in [3.63, 3.8) is 0 Å². The Balaban J connectivity index is 2.08. The Kier molecular flexibility index (Phi) is 3.17. The molecule has 0 aromatic carbocycles. The molecule has 3 heteroatoms. The van der Waals surface area contributed by atoms with E-state index in [1.807, 2.05) is 7.05 Å².